The number of hydrogen-bond acceptors (Lipinski definition) is 4. The molecule has 1 heterocycles. The summed E-state index contributed by atoms with van der Waals surface area (Å²) in [6.07, 6.45) is 5.52. The average molecular weight is 224 g/mol. The molecule has 16 heavy (non-hydrogen) atoms. The molecular weight excluding hydrogens is 204 g/mol. The van der Waals surface area contributed by atoms with Gasteiger partial charge in [-0.1, -0.05) is 0 Å². The number of ether oxygens (including phenoxy) is 1. The smallest absolute Gasteiger partial charge is 0.338 e. The van der Waals surface area contributed by atoms with Crippen molar-refractivity contribution in [2.24, 2.45) is 0 Å². The third-order valence-corrected chi connectivity index (χ3v) is 2.07. The van der Waals surface area contributed by atoms with E-state index in [-0.39, 0.29) is 5.97 Å². The lowest BCUT2D eigenvalue weighted by atomic mass is 10.1. The number of hydrogen-bond donors (Lipinski definition) is 0. The van der Waals surface area contributed by atoms with E-state index in [2.05, 4.69) is 0 Å². The van der Waals surface area contributed by atoms with E-state index in [1.165, 1.54) is 0 Å². The molecule has 0 atom stereocenters. The Morgan fingerprint density at radius 1 is 1.44 bits per heavy atom. The van der Waals surface area contributed by atoms with Crippen molar-refractivity contribution in [1.82, 2.24) is 10.0 Å². The molecule has 0 saturated carbocycles. The molecule has 1 aliphatic heterocycles. The molecule has 0 aliphatic carbocycles. The summed E-state index contributed by atoms with van der Waals surface area (Å²) in [5, 5.41) is 3.95. The first-order valence-corrected chi connectivity index (χ1v) is 5.35. The van der Waals surface area contributed by atoms with Crippen molar-refractivity contribution in [3.05, 3.63) is 23.9 Å². The van der Waals surface area contributed by atoms with E-state index in [4.69, 9.17) is 4.74 Å². The molecule has 0 spiro atoms. The number of nitrogens with zero attached hydrogens (tertiary/aromatic N) is 2. The molecule has 0 amide bonds. The second-order valence-corrected chi connectivity index (χ2v) is 4.95. The molecule has 90 valence electrons. The minimum Gasteiger partial charge on any atom is -0.456 e. The van der Waals surface area contributed by atoms with Crippen LogP contribution in [0.4, 0.5) is 0 Å². The van der Waals surface area contributed by atoms with Crippen molar-refractivity contribution in [3.8, 4) is 0 Å². The quantitative estimate of drug-likeness (QED) is 0.666. The fourth-order valence-electron chi connectivity index (χ4n) is 1.27. The van der Waals surface area contributed by atoms with E-state index < -0.39 is 5.60 Å². The van der Waals surface area contributed by atoms with Gasteiger partial charge in [0, 0.05) is 20.3 Å². The Kier molecular flexibility index (Phi) is 3.75. The number of carbonyl (C=O) groups is 1. The Hall–Kier alpha value is -1.29. The molecule has 0 aromatic carbocycles. The van der Waals surface area contributed by atoms with Crippen LogP contribution in [0, 0.1) is 0 Å². The zero-order chi connectivity index (χ0) is 12.3. The van der Waals surface area contributed by atoms with Gasteiger partial charge in [0.1, 0.15) is 5.60 Å². The van der Waals surface area contributed by atoms with Gasteiger partial charge in [-0.3, -0.25) is 0 Å². The topological polar surface area (TPSA) is 32.8 Å². The minimum atomic E-state index is -0.440. The standard InChI is InChI=1S/C12H20N2O2/c1-12(2,3)16-11(15)10-6-8-14(9-7-10)13(4)5/h6-8H,9H2,1-5H3. The molecule has 0 N–H and O–H groups in total. The summed E-state index contributed by atoms with van der Waals surface area (Å²) in [7, 11) is 3.91. The van der Waals surface area contributed by atoms with E-state index >= 15 is 0 Å². The molecule has 1 rings (SSSR count). The maximum atomic E-state index is 11.7. The largest absolute Gasteiger partial charge is 0.456 e. The van der Waals surface area contributed by atoms with Crippen molar-refractivity contribution in [2.75, 3.05) is 20.6 Å². The van der Waals surface area contributed by atoms with E-state index in [0.29, 0.717) is 12.1 Å². The number of hydrazine groups is 1. The van der Waals surface area contributed by atoms with E-state index in [1.54, 1.807) is 6.08 Å². The lowest BCUT2D eigenvalue weighted by Crippen LogP contribution is -2.34. The first-order chi connectivity index (χ1) is 7.29. The van der Waals surface area contributed by atoms with Gasteiger partial charge in [-0.15, -0.1) is 0 Å². The van der Waals surface area contributed by atoms with Crippen LogP contribution < -0.4 is 0 Å². The molecule has 0 radical (unpaired) electrons. The van der Waals surface area contributed by atoms with Crippen LogP contribution in [0.3, 0.4) is 0 Å². The first kappa shape index (κ1) is 12.8. The molecule has 0 unspecified atom stereocenters. The van der Waals surface area contributed by atoms with Gasteiger partial charge in [0.2, 0.25) is 0 Å². The number of esters is 1. The lowest BCUT2D eigenvalue weighted by Gasteiger charge is -2.29. The summed E-state index contributed by atoms with van der Waals surface area (Å²) >= 11 is 0. The SMILES string of the molecule is CN(C)N1C=CC(C(=O)OC(C)(C)C)=CC1. The summed E-state index contributed by atoms with van der Waals surface area (Å²) < 4.78 is 5.28. The van der Waals surface area contributed by atoms with Gasteiger partial charge < -0.3 is 9.75 Å². The summed E-state index contributed by atoms with van der Waals surface area (Å²) in [5.41, 5.74) is 0.179. The number of rotatable bonds is 2. The Balaban J connectivity index is 2.59. The van der Waals surface area contributed by atoms with Crippen molar-refractivity contribution < 1.29 is 9.53 Å². The first-order valence-electron chi connectivity index (χ1n) is 5.35. The van der Waals surface area contributed by atoms with E-state index in [0.717, 1.165) is 0 Å². The van der Waals surface area contributed by atoms with Gasteiger partial charge in [0.15, 0.2) is 0 Å². The average Bonchev–Trinajstić information content (AvgIpc) is 2.15. The highest BCUT2D eigenvalue weighted by atomic mass is 16.6. The van der Waals surface area contributed by atoms with Gasteiger partial charge >= 0.3 is 5.97 Å². The molecule has 4 nitrogen and oxygen atoms in total. The third kappa shape index (κ3) is 3.70. The van der Waals surface area contributed by atoms with Crippen LogP contribution in [-0.4, -0.2) is 42.2 Å². The summed E-state index contributed by atoms with van der Waals surface area (Å²) in [6.45, 7) is 6.29. The van der Waals surface area contributed by atoms with Crippen molar-refractivity contribution >= 4 is 5.97 Å². The summed E-state index contributed by atoms with van der Waals surface area (Å²) in [4.78, 5) is 11.7. The predicted octanol–water partition coefficient (Wildman–Crippen LogP) is 1.56. The zero-order valence-corrected chi connectivity index (χ0v) is 10.7. The number of carbonyl (C=O) groups excluding carboxylic acids is 1. The third-order valence-electron chi connectivity index (χ3n) is 2.07. The van der Waals surface area contributed by atoms with Crippen molar-refractivity contribution in [1.29, 1.82) is 0 Å². The van der Waals surface area contributed by atoms with Gasteiger partial charge in [-0.2, -0.15) is 0 Å². The molecule has 0 aromatic rings. The highest BCUT2D eigenvalue weighted by molar-refractivity contribution is 5.92. The van der Waals surface area contributed by atoms with E-state index in [9.17, 15) is 4.79 Å². The molecular formula is C12H20N2O2. The fourth-order valence-corrected chi connectivity index (χ4v) is 1.27. The summed E-state index contributed by atoms with van der Waals surface area (Å²) in [6, 6.07) is 0. The highest BCUT2D eigenvalue weighted by Gasteiger charge is 2.20. The second kappa shape index (κ2) is 4.70. The van der Waals surface area contributed by atoms with Crippen LogP contribution in [0.2, 0.25) is 0 Å². The Morgan fingerprint density at radius 2 is 2.06 bits per heavy atom. The van der Waals surface area contributed by atoms with Gasteiger partial charge in [0.05, 0.1) is 12.1 Å². The highest BCUT2D eigenvalue weighted by Crippen LogP contribution is 2.14. The fraction of sp³-hybridized carbons (Fsp3) is 0.583. The molecule has 0 saturated heterocycles. The molecule has 0 fully saturated rings. The predicted molar refractivity (Wildman–Crippen MR) is 63.5 cm³/mol. The van der Waals surface area contributed by atoms with Crippen LogP contribution in [0.5, 0.6) is 0 Å². The Bertz CT molecular complexity index is 324. The second-order valence-electron chi connectivity index (χ2n) is 4.95. The maximum Gasteiger partial charge on any atom is 0.338 e. The Morgan fingerprint density at radius 3 is 2.44 bits per heavy atom. The lowest BCUT2D eigenvalue weighted by molar-refractivity contribution is -0.149. The molecule has 1 aliphatic rings. The van der Waals surface area contributed by atoms with E-state index in [1.807, 2.05) is 57.2 Å². The molecule has 0 aromatic heterocycles. The summed E-state index contributed by atoms with van der Waals surface area (Å²) in [5.74, 6) is -0.262. The van der Waals surface area contributed by atoms with Crippen LogP contribution in [0.15, 0.2) is 23.9 Å². The Labute approximate surface area is 97.1 Å². The van der Waals surface area contributed by atoms with Crippen LogP contribution in [0.25, 0.3) is 0 Å². The monoisotopic (exact) mass is 224 g/mol. The van der Waals surface area contributed by atoms with Crippen LogP contribution in [0.1, 0.15) is 20.8 Å². The van der Waals surface area contributed by atoms with Gasteiger partial charge in [-0.25, -0.2) is 9.80 Å². The molecule has 0 bridgehead atoms. The van der Waals surface area contributed by atoms with Crippen molar-refractivity contribution in [3.63, 3.8) is 0 Å². The molecule has 4 heteroatoms. The van der Waals surface area contributed by atoms with Gasteiger partial charge in [0.25, 0.3) is 0 Å². The normalized spacial score (nSPS) is 16.4. The van der Waals surface area contributed by atoms with Crippen LogP contribution >= 0.6 is 0 Å². The van der Waals surface area contributed by atoms with Crippen molar-refractivity contribution in [2.45, 2.75) is 26.4 Å². The minimum absolute atomic E-state index is 0.262. The zero-order valence-electron chi connectivity index (χ0n) is 10.7. The van der Waals surface area contributed by atoms with Gasteiger partial charge in [-0.05, 0) is 32.9 Å². The maximum absolute atomic E-state index is 11.7. The van der Waals surface area contributed by atoms with Crippen LogP contribution in [-0.2, 0) is 9.53 Å².